The number of fused-ring (bicyclic) bond motifs is 1. The number of halogens is 1. The van der Waals surface area contributed by atoms with Gasteiger partial charge in [-0.05, 0) is 43.2 Å². The molecule has 3 amide bonds. The SMILES string of the molecule is Cc1cc(Cl)ccc1CC(=O)N[C@@H](C)C(=O)N[C@H]1N=C(c2ccccc2)c2ccccc2N(C)C1=O. The third kappa shape index (κ3) is 5.47. The maximum atomic E-state index is 13.3. The molecule has 0 saturated heterocycles. The zero-order chi connectivity index (χ0) is 25.8. The Hall–Kier alpha value is -3.97. The normalized spacial score (nSPS) is 15.9. The van der Waals surface area contributed by atoms with Crippen LogP contribution in [0.4, 0.5) is 5.69 Å². The molecule has 0 unspecified atom stereocenters. The Balaban J connectivity index is 1.53. The minimum Gasteiger partial charge on any atom is -0.344 e. The Kier molecular flexibility index (Phi) is 7.50. The van der Waals surface area contributed by atoms with Crippen molar-refractivity contribution in [1.29, 1.82) is 0 Å². The highest BCUT2D eigenvalue weighted by atomic mass is 35.5. The highest BCUT2D eigenvalue weighted by Gasteiger charge is 2.32. The topological polar surface area (TPSA) is 90.9 Å². The largest absolute Gasteiger partial charge is 0.344 e. The molecule has 4 rings (SSSR count). The van der Waals surface area contributed by atoms with Crippen LogP contribution < -0.4 is 15.5 Å². The summed E-state index contributed by atoms with van der Waals surface area (Å²) in [6.45, 7) is 3.45. The summed E-state index contributed by atoms with van der Waals surface area (Å²) in [6, 6.07) is 21.4. The van der Waals surface area contributed by atoms with Crippen molar-refractivity contribution in [2.24, 2.45) is 4.99 Å². The number of anilines is 1. The second-order valence-corrected chi connectivity index (χ2v) is 9.14. The highest BCUT2D eigenvalue weighted by molar-refractivity contribution is 6.30. The fourth-order valence-corrected chi connectivity index (χ4v) is 4.32. The van der Waals surface area contributed by atoms with Gasteiger partial charge in [0.2, 0.25) is 18.0 Å². The van der Waals surface area contributed by atoms with Crippen LogP contribution in [0.5, 0.6) is 0 Å². The Bertz CT molecular complexity index is 1340. The summed E-state index contributed by atoms with van der Waals surface area (Å²) in [5.74, 6) is -1.20. The molecule has 1 heterocycles. The van der Waals surface area contributed by atoms with E-state index in [1.807, 2.05) is 61.5 Å². The van der Waals surface area contributed by atoms with Gasteiger partial charge in [0.05, 0.1) is 17.8 Å². The van der Waals surface area contributed by atoms with Gasteiger partial charge in [0.1, 0.15) is 6.04 Å². The molecule has 7 nitrogen and oxygen atoms in total. The predicted molar refractivity (Wildman–Crippen MR) is 141 cm³/mol. The van der Waals surface area contributed by atoms with Crippen LogP contribution >= 0.6 is 11.6 Å². The van der Waals surface area contributed by atoms with Crippen molar-refractivity contribution < 1.29 is 14.4 Å². The summed E-state index contributed by atoms with van der Waals surface area (Å²) in [5, 5.41) is 6.01. The van der Waals surface area contributed by atoms with Crippen LogP contribution in [0.3, 0.4) is 0 Å². The van der Waals surface area contributed by atoms with Crippen molar-refractivity contribution in [1.82, 2.24) is 10.6 Å². The van der Waals surface area contributed by atoms with E-state index < -0.39 is 18.1 Å². The second kappa shape index (κ2) is 10.7. The van der Waals surface area contributed by atoms with Gasteiger partial charge in [-0.15, -0.1) is 0 Å². The highest BCUT2D eigenvalue weighted by Crippen LogP contribution is 2.27. The average Bonchev–Trinajstić information content (AvgIpc) is 2.97. The first kappa shape index (κ1) is 25.1. The molecule has 0 bridgehead atoms. The molecule has 36 heavy (non-hydrogen) atoms. The molecule has 3 aromatic carbocycles. The first-order valence-electron chi connectivity index (χ1n) is 11.6. The summed E-state index contributed by atoms with van der Waals surface area (Å²) in [4.78, 5) is 45.0. The van der Waals surface area contributed by atoms with Gasteiger partial charge in [-0.3, -0.25) is 14.4 Å². The number of carbonyl (C=O) groups excluding carboxylic acids is 3. The fraction of sp³-hybridized carbons (Fsp3) is 0.214. The number of amides is 3. The molecule has 0 aromatic heterocycles. The molecule has 3 aromatic rings. The van der Waals surface area contributed by atoms with Gasteiger partial charge >= 0.3 is 0 Å². The zero-order valence-corrected chi connectivity index (χ0v) is 21.0. The van der Waals surface area contributed by atoms with E-state index in [4.69, 9.17) is 11.6 Å². The van der Waals surface area contributed by atoms with Gasteiger partial charge < -0.3 is 15.5 Å². The fourth-order valence-electron chi connectivity index (χ4n) is 4.09. The van der Waals surface area contributed by atoms with Gasteiger partial charge in [-0.2, -0.15) is 0 Å². The standard InChI is InChI=1S/C28H27ClN4O3/c1-17-15-21(29)14-13-20(17)16-24(34)30-18(2)27(35)32-26-28(36)33(3)23-12-8-7-11-22(23)25(31-26)19-9-5-4-6-10-19/h4-15,18,26H,16H2,1-3H3,(H,30,34)(H,32,35)/t18-,26+/m0/s1. The molecule has 0 spiro atoms. The maximum Gasteiger partial charge on any atom is 0.272 e. The molecule has 8 heteroatoms. The van der Waals surface area contributed by atoms with Crippen LogP contribution in [0, 0.1) is 6.92 Å². The lowest BCUT2D eigenvalue weighted by Gasteiger charge is -2.22. The van der Waals surface area contributed by atoms with Crippen LogP contribution in [0.2, 0.25) is 5.02 Å². The molecule has 1 aliphatic heterocycles. The quantitative estimate of drug-likeness (QED) is 0.539. The number of benzodiazepines with no additional fused rings is 1. The van der Waals surface area contributed by atoms with E-state index in [0.29, 0.717) is 16.4 Å². The van der Waals surface area contributed by atoms with Crippen LogP contribution in [0.1, 0.15) is 29.2 Å². The number of benzene rings is 3. The Labute approximate surface area is 215 Å². The number of aliphatic imine (C=N–C) groups is 1. The second-order valence-electron chi connectivity index (χ2n) is 8.71. The summed E-state index contributed by atoms with van der Waals surface area (Å²) in [6.07, 6.45) is -1.04. The summed E-state index contributed by atoms with van der Waals surface area (Å²) in [5.41, 5.74) is 4.62. The van der Waals surface area contributed by atoms with Gasteiger partial charge in [0, 0.05) is 23.2 Å². The predicted octanol–water partition coefficient (Wildman–Crippen LogP) is 3.65. The molecule has 184 valence electrons. The number of likely N-dealkylation sites (N-methyl/N-ethyl adjacent to an activating group) is 1. The summed E-state index contributed by atoms with van der Waals surface area (Å²) >= 11 is 5.99. The minimum absolute atomic E-state index is 0.108. The number of nitrogens with one attached hydrogen (secondary N) is 2. The van der Waals surface area contributed by atoms with E-state index in [-0.39, 0.29) is 18.2 Å². The Morgan fingerprint density at radius 1 is 1.06 bits per heavy atom. The number of rotatable bonds is 6. The maximum absolute atomic E-state index is 13.3. The van der Waals surface area contributed by atoms with Gasteiger partial charge in [0.25, 0.3) is 5.91 Å². The van der Waals surface area contributed by atoms with Crippen molar-refractivity contribution in [3.8, 4) is 0 Å². The van der Waals surface area contributed by atoms with Gasteiger partial charge in [0.15, 0.2) is 0 Å². The van der Waals surface area contributed by atoms with Crippen LogP contribution in [-0.2, 0) is 20.8 Å². The Morgan fingerprint density at radius 3 is 2.47 bits per heavy atom. The van der Waals surface area contributed by atoms with Gasteiger partial charge in [-0.25, -0.2) is 4.99 Å². The lowest BCUT2D eigenvalue weighted by Crippen LogP contribution is -2.52. The van der Waals surface area contributed by atoms with Crippen LogP contribution in [0.25, 0.3) is 0 Å². The third-order valence-electron chi connectivity index (χ3n) is 6.10. The number of aryl methyl sites for hydroxylation is 1. The van der Waals surface area contributed by atoms with Crippen LogP contribution in [0.15, 0.2) is 77.8 Å². The van der Waals surface area contributed by atoms with Gasteiger partial charge in [-0.1, -0.05) is 66.2 Å². The monoisotopic (exact) mass is 502 g/mol. The molecular weight excluding hydrogens is 476 g/mol. The number of hydrogen-bond donors (Lipinski definition) is 2. The van der Waals surface area contributed by atoms with E-state index in [9.17, 15) is 14.4 Å². The van der Waals surface area contributed by atoms with Crippen molar-refractivity contribution in [2.75, 3.05) is 11.9 Å². The lowest BCUT2D eigenvalue weighted by atomic mass is 10.0. The number of hydrogen-bond acceptors (Lipinski definition) is 4. The zero-order valence-electron chi connectivity index (χ0n) is 20.3. The van der Waals surface area contributed by atoms with Crippen molar-refractivity contribution in [3.05, 3.63) is 100 Å². The molecule has 0 fully saturated rings. The first-order valence-corrected chi connectivity index (χ1v) is 12.0. The van der Waals surface area contributed by atoms with E-state index in [1.165, 1.54) is 4.90 Å². The number of para-hydroxylation sites is 1. The van der Waals surface area contributed by atoms with E-state index >= 15 is 0 Å². The molecule has 2 atom stereocenters. The lowest BCUT2D eigenvalue weighted by molar-refractivity contribution is -0.130. The molecule has 0 radical (unpaired) electrons. The summed E-state index contributed by atoms with van der Waals surface area (Å²) in [7, 11) is 1.66. The third-order valence-corrected chi connectivity index (χ3v) is 6.33. The van der Waals surface area contributed by atoms with E-state index in [2.05, 4.69) is 15.6 Å². The van der Waals surface area contributed by atoms with E-state index in [0.717, 1.165) is 22.3 Å². The average molecular weight is 503 g/mol. The molecule has 0 aliphatic carbocycles. The first-order chi connectivity index (χ1) is 17.2. The summed E-state index contributed by atoms with van der Waals surface area (Å²) < 4.78 is 0. The smallest absolute Gasteiger partial charge is 0.272 e. The molecule has 0 saturated carbocycles. The van der Waals surface area contributed by atoms with E-state index in [1.54, 1.807) is 32.2 Å². The molecule has 2 N–H and O–H groups in total. The molecular formula is C28H27ClN4O3. The minimum atomic E-state index is -1.15. The van der Waals surface area contributed by atoms with Crippen LogP contribution in [-0.4, -0.2) is 42.7 Å². The van der Waals surface area contributed by atoms with Crippen molar-refractivity contribution in [2.45, 2.75) is 32.5 Å². The number of carbonyl (C=O) groups is 3. The number of nitrogens with zero attached hydrogens (tertiary/aromatic N) is 2. The van der Waals surface area contributed by atoms with Crippen molar-refractivity contribution in [3.63, 3.8) is 0 Å². The Morgan fingerprint density at radius 2 is 1.75 bits per heavy atom. The molecule has 1 aliphatic rings. The van der Waals surface area contributed by atoms with Crippen molar-refractivity contribution >= 4 is 40.7 Å².